The van der Waals surface area contributed by atoms with Gasteiger partial charge < -0.3 is 39.9 Å². The minimum absolute atomic E-state index is 0.0165. The Morgan fingerprint density at radius 2 is 1.88 bits per heavy atom. The number of ether oxygens (including phenoxy) is 2. The Morgan fingerprint density at radius 3 is 2.48 bits per heavy atom. The van der Waals surface area contributed by atoms with Crippen LogP contribution in [0.4, 0.5) is 0 Å². The van der Waals surface area contributed by atoms with Gasteiger partial charge in [-0.1, -0.05) is 6.07 Å². The molecule has 0 bridgehead atoms. The lowest BCUT2D eigenvalue weighted by Gasteiger charge is -2.39. The van der Waals surface area contributed by atoms with Gasteiger partial charge in [0.15, 0.2) is 5.78 Å². The van der Waals surface area contributed by atoms with Crippen LogP contribution in [-0.2, 0) is 4.74 Å². The molecule has 140 valence electrons. The van der Waals surface area contributed by atoms with Gasteiger partial charge in [0, 0.05) is 0 Å². The van der Waals surface area contributed by atoms with Crippen LogP contribution in [0.5, 0.6) is 11.5 Å². The van der Waals surface area contributed by atoms with E-state index in [-0.39, 0.29) is 23.6 Å². The SMILES string of the molecule is CN(C)CC(=O)c1c(O)cccc1O[C@H]1O[C@H](CO)[C@@H](O)[C@H](O)[C@H]1O. The van der Waals surface area contributed by atoms with Crippen molar-refractivity contribution < 1.29 is 39.8 Å². The molecular weight excluding hydrogens is 334 g/mol. The number of phenolic OH excluding ortho intramolecular Hbond substituents is 1. The number of Topliss-reactive ketones (excluding diaryl/α,β-unsaturated/α-hetero) is 1. The molecular formula is C16H23NO8. The highest BCUT2D eigenvalue weighted by atomic mass is 16.7. The van der Waals surface area contributed by atoms with Crippen LogP contribution in [0.3, 0.4) is 0 Å². The number of ketones is 1. The van der Waals surface area contributed by atoms with Crippen molar-refractivity contribution in [2.24, 2.45) is 0 Å². The van der Waals surface area contributed by atoms with Crippen molar-refractivity contribution in [2.75, 3.05) is 27.2 Å². The fraction of sp³-hybridized carbons (Fsp3) is 0.562. The van der Waals surface area contributed by atoms with Crippen LogP contribution in [0.15, 0.2) is 18.2 Å². The van der Waals surface area contributed by atoms with Crippen LogP contribution >= 0.6 is 0 Å². The third-order valence-corrected chi connectivity index (χ3v) is 3.83. The molecule has 1 saturated heterocycles. The summed E-state index contributed by atoms with van der Waals surface area (Å²) in [6.07, 6.45) is -7.31. The van der Waals surface area contributed by atoms with Crippen LogP contribution in [0.25, 0.3) is 0 Å². The van der Waals surface area contributed by atoms with Crippen molar-refractivity contribution in [1.29, 1.82) is 0 Å². The monoisotopic (exact) mass is 357 g/mol. The number of rotatable bonds is 6. The summed E-state index contributed by atoms with van der Waals surface area (Å²) < 4.78 is 10.7. The first-order chi connectivity index (χ1) is 11.8. The Kier molecular flexibility index (Phi) is 6.33. The number of aliphatic hydroxyl groups is 4. The van der Waals surface area contributed by atoms with E-state index in [4.69, 9.17) is 9.47 Å². The predicted octanol–water partition coefficient (Wildman–Crippen LogP) is -1.68. The maximum absolute atomic E-state index is 12.3. The van der Waals surface area contributed by atoms with Crippen LogP contribution in [0.2, 0.25) is 0 Å². The minimum atomic E-state index is -1.61. The fourth-order valence-electron chi connectivity index (χ4n) is 2.55. The zero-order chi connectivity index (χ0) is 18.7. The number of carbonyl (C=O) groups excluding carboxylic acids is 1. The molecule has 1 aliphatic rings. The van der Waals surface area contributed by atoms with Crippen LogP contribution < -0.4 is 4.74 Å². The van der Waals surface area contributed by atoms with Crippen LogP contribution in [0, 0.1) is 0 Å². The molecule has 0 spiro atoms. The maximum Gasteiger partial charge on any atom is 0.229 e. The predicted molar refractivity (Wildman–Crippen MR) is 85.4 cm³/mol. The maximum atomic E-state index is 12.3. The Hall–Kier alpha value is -1.75. The van der Waals surface area contributed by atoms with Crippen molar-refractivity contribution in [1.82, 2.24) is 4.90 Å². The number of carbonyl (C=O) groups is 1. The number of hydrogen-bond acceptors (Lipinski definition) is 9. The van der Waals surface area contributed by atoms with E-state index in [0.29, 0.717) is 0 Å². The van der Waals surface area contributed by atoms with Crippen molar-refractivity contribution in [3.05, 3.63) is 23.8 Å². The van der Waals surface area contributed by atoms with Gasteiger partial charge in [-0.3, -0.25) is 4.79 Å². The van der Waals surface area contributed by atoms with Gasteiger partial charge in [-0.25, -0.2) is 0 Å². The summed E-state index contributed by atoms with van der Waals surface area (Å²) in [5.74, 6) is -0.757. The van der Waals surface area contributed by atoms with Crippen molar-refractivity contribution in [3.8, 4) is 11.5 Å². The molecule has 9 nitrogen and oxygen atoms in total. The summed E-state index contributed by atoms with van der Waals surface area (Å²) in [5, 5.41) is 48.8. The molecule has 1 aliphatic heterocycles. The Bertz CT molecular complexity index is 606. The summed E-state index contributed by atoms with van der Waals surface area (Å²) in [6.45, 7) is -0.583. The molecule has 5 N–H and O–H groups in total. The molecule has 0 aliphatic carbocycles. The molecule has 5 atom stereocenters. The average Bonchev–Trinajstić information content (AvgIpc) is 2.54. The fourth-order valence-corrected chi connectivity index (χ4v) is 2.55. The third-order valence-electron chi connectivity index (χ3n) is 3.83. The number of hydrogen-bond donors (Lipinski definition) is 5. The quantitative estimate of drug-likeness (QED) is 0.377. The van der Waals surface area contributed by atoms with Crippen molar-refractivity contribution in [2.45, 2.75) is 30.7 Å². The number of benzene rings is 1. The van der Waals surface area contributed by atoms with Gasteiger partial charge in [-0.15, -0.1) is 0 Å². The zero-order valence-corrected chi connectivity index (χ0v) is 13.9. The first-order valence-electron chi connectivity index (χ1n) is 7.73. The zero-order valence-electron chi connectivity index (χ0n) is 13.9. The molecule has 2 rings (SSSR count). The molecule has 1 aromatic rings. The van der Waals surface area contributed by atoms with E-state index in [0.717, 1.165) is 0 Å². The van der Waals surface area contributed by atoms with Gasteiger partial charge in [0.2, 0.25) is 6.29 Å². The molecule has 0 amide bonds. The van der Waals surface area contributed by atoms with E-state index in [1.54, 1.807) is 19.0 Å². The van der Waals surface area contributed by atoms with E-state index in [1.165, 1.54) is 18.2 Å². The highest BCUT2D eigenvalue weighted by molar-refractivity contribution is 6.02. The van der Waals surface area contributed by atoms with Gasteiger partial charge in [-0.2, -0.15) is 0 Å². The molecule has 0 radical (unpaired) electrons. The van der Waals surface area contributed by atoms with Gasteiger partial charge in [0.25, 0.3) is 0 Å². The third kappa shape index (κ3) is 4.27. The second-order valence-corrected chi connectivity index (χ2v) is 6.13. The first-order valence-corrected chi connectivity index (χ1v) is 7.73. The molecule has 25 heavy (non-hydrogen) atoms. The lowest BCUT2D eigenvalue weighted by Crippen LogP contribution is -2.60. The van der Waals surface area contributed by atoms with Gasteiger partial charge in [0.1, 0.15) is 41.5 Å². The largest absolute Gasteiger partial charge is 0.507 e. The number of aliphatic hydroxyl groups excluding tert-OH is 4. The lowest BCUT2D eigenvalue weighted by atomic mass is 9.99. The summed E-state index contributed by atoms with van der Waals surface area (Å²) in [6, 6.07) is 4.17. The number of likely N-dealkylation sites (N-methyl/N-ethyl adjacent to an activating group) is 1. The standard InChI is InChI=1S/C16H23NO8/c1-17(2)6-9(20)12-8(19)4-3-5-10(12)24-16-15(23)14(22)13(21)11(7-18)25-16/h3-5,11,13-16,18-19,21-23H,6-7H2,1-2H3/t11-,13-,14+,15-,16+/m1/s1. The first kappa shape index (κ1) is 19.6. The van der Waals surface area contributed by atoms with E-state index >= 15 is 0 Å². The highest BCUT2D eigenvalue weighted by Gasteiger charge is 2.45. The Balaban J connectivity index is 2.27. The number of aromatic hydroxyl groups is 1. The van der Waals surface area contributed by atoms with Gasteiger partial charge in [0.05, 0.1) is 13.2 Å². The smallest absolute Gasteiger partial charge is 0.229 e. The van der Waals surface area contributed by atoms with Crippen LogP contribution in [-0.4, -0.2) is 94.2 Å². The lowest BCUT2D eigenvalue weighted by molar-refractivity contribution is -0.277. The Morgan fingerprint density at radius 1 is 1.20 bits per heavy atom. The van der Waals surface area contributed by atoms with Gasteiger partial charge in [-0.05, 0) is 26.2 Å². The summed E-state index contributed by atoms with van der Waals surface area (Å²) in [4.78, 5) is 14.0. The van der Waals surface area contributed by atoms with Crippen molar-refractivity contribution in [3.63, 3.8) is 0 Å². The van der Waals surface area contributed by atoms with Gasteiger partial charge >= 0.3 is 0 Å². The summed E-state index contributed by atoms with van der Waals surface area (Å²) in [7, 11) is 3.38. The van der Waals surface area contributed by atoms with E-state index in [1.807, 2.05) is 0 Å². The number of nitrogens with zero attached hydrogens (tertiary/aromatic N) is 1. The second-order valence-electron chi connectivity index (χ2n) is 6.13. The average molecular weight is 357 g/mol. The van der Waals surface area contributed by atoms with Crippen LogP contribution in [0.1, 0.15) is 10.4 Å². The molecule has 1 fully saturated rings. The van der Waals surface area contributed by atoms with E-state index in [2.05, 4.69) is 0 Å². The normalized spacial score (nSPS) is 29.6. The molecule has 1 heterocycles. The topological polar surface area (TPSA) is 140 Å². The summed E-state index contributed by atoms with van der Waals surface area (Å²) >= 11 is 0. The highest BCUT2D eigenvalue weighted by Crippen LogP contribution is 2.31. The molecule has 0 saturated carbocycles. The van der Waals surface area contributed by atoms with Crippen molar-refractivity contribution >= 4 is 5.78 Å². The summed E-state index contributed by atoms with van der Waals surface area (Å²) in [5.41, 5.74) is -0.0897. The molecule has 0 aromatic heterocycles. The second kappa shape index (κ2) is 8.09. The minimum Gasteiger partial charge on any atom is -0.507 e. The Labute approximate surface area is 144 Å². The molecule has 1 aromatic carbocycles. The van der Waals surface area contributed by atoms with E-state index in [9.17, 15) is 30.3 Å². The molecule has 0 unspecified atom stereocenters. The number of phenols is 1. The van der Waals surface area contributed by atoms with E-state index < -0.39 is 43.1 Å². The molecule has 9 heteroatoms.